The minimum Gasteiger partial charge on any atom is -0.456 e. The number of nitrogens with zero attached hydrogens (tertiary/aromatic N) is 2. The van der Waals surface area contributed by atoms with Crippen molar-refractivity contribution in [3.8, 4) is 22.3 Å². The molecule has 0 fully saturated rings. The molecule has 278 valence electrons. The van der Waals surface area contributed by atoms with Gasteiger partial charge < -0.3 is 14.2 Å². The van der Waals surface area contributed by atoms with Gasteiger partial charge in [-0.2, -0.15) is 0 Å². The topological polar surface area (TPSA) is 19.6 Å². The van der Waals surface area contributed by atoms with Crippen LogP contribution < -0.4 is 9.80 Å². The van der Waals surface area contributed by atoms with Crippen LogP contribution in [0, 0.1) is 0 Å². The molecule has 0 N–H and O–H groups in total. The Hall–Kier alpha value is -7.88. The van der Waals surface area contributed by atoms with E-state index in [4.69, 9.17) is 4.42 Å². The minimum absolute atomic E-state index is 0.907. The zero-order valence-electron chi connectivity index (χ0n) is 32.2. The third-order valence-electron chi connectivity index (χ3n) is 11.4. The quantitative estimate of drug-likeness (QED) is 0.144. The van der Waals surface area contributed by atoms with Crippen molar-refractivity contribution in [2.75, 3.05) is 9.80 Å². The van der Waals surface area contributed by atoms with Gasteiger partial charge in [-0.15, -0.1) is 0 Å². The Morgan fingerprint density at radius 1 is 0.271 bits per heavy atom. The van der Waals surface area contributed by atoms with Crippen LogP contribution in [0.15, 0.2) is 235 Å². The lowest BCUT2D eigenvalue weighted by Gasteiger charge is -2.31. The predicted octanol–water partition coefficient (Wildman–Crippen LogP) is 16.2. The van der Waals surface area contributed by atoms with E-state index in [1.54, 1.807) is 0 Å². The van der Waals surface area contributed by atoms with Crippen molar-refractivity contribution < 1.29 is 4.42 Å². The molecule has 0 radical (unpaired) electrons. The summed E-state index contributed by atoms with van der Waals surface area (Å²) in [5.41, 5.74) is 13.0. The summed E-state index contributed by atoms with van der Waals surface area (Å²) < 4.78 is 6.29. The summed E-state index contributed by atoms with van der Waals surface area (Å²) >= 11 is 0. The lowest BCUT2D eigenvalue weighted by atomic mass is 9.93. The molecular weight excluding hydrogens is 717 g/mol. The second-order valence-electron chi connectivity index (χ2n) is 14.9. The summed E-state index contributed by atoms with van der Waals surface area (Å²) in [4.78, 5) is 4.76. The van der Waals surface area contributed by atoms with E-state index in [0.717, 1.165) is 67.0 Å². The number of benzene rings is 10. The number of furan rings is 1. The van der Waals surface area contributed by atoms with Crippen LogP contribution in [0.1, 0.15) is 0 Å². The van der Waals surface area contributed by atoms with Crippen LogP contribution >= 0.6 is 0 Å². The standard InChI is InChI=1S/C56H38N2O/c1-4-17-39(18-5-1)47-25-10-11-26-48(47)49-27-12-14-29-54(49)58(43-21-8-3-9-22-43)45-24-16-23-44(36-45)57(42-19-6-2-7-20-42)46-34-33-40-31-32-41-35-56-53(38-52(41)51(40)37-46)50-28-13-15-30-55(50)59-56/h1-38H. The third kappa shape index (κ3) is 6.17. The van der Waals surface area contributed by atoms with E-state index in [0.29, 0.717) is 0 Å². The molecule has 3 nitrogen and oxygen atoms in total. The highest BCUT2D eigenvalue weighted by Crippen LogP contribution is 2.46. The molecule has 59 heavy (non-hydrogen) atoms. The Balaban J connectivity index is 1.09. The van der Waals surface area contributed by atoms with Gasteiger partial charge in [0.1, 0.15) is 11.2 Å². The fourth-order valence-corrected chi connectivity index (χ4v) is 8.68. The van der Waals surface area contributed by atoms with Crippen LogP contribution in [0.4, 0.5) is 34.1 Å². The molecule has 0 atom stereocenters. The molecule has 0 amide bonds. The number of rotatable bonds is 8. The van der Waals surface area contributed by atoms with Gasteiger partial charge in [0.25, 0.3) is 0 Å². The fourth-order valence-electron chi connectivity index (χ4n) is 8.68. The van der Waals surface area contributed by atoms with E-state index < -0.39 is 0 Å². The average molecular weight is 755 g/mol. The first kappa shape index (κ1) is 34.4. The van der Waals surface area contributed by atoms with Crippen molar-refractivity contribution in [3.63, 3.8) is 0 Å². The Morgan fingerprint density at radius 2 is 0.814 bits per heavy atom. The van der Waals surface area contributed by atoms with Gasteiger partial charge in [0.05, 0.1) is 5.69 Å². The summed E-state index contributed by atoms with van der Waals surface area (Å²) in [6.07, 6.45) is 0. The highest BCUT2D eigenvalue weighted by molar-refractivity contribution is 6.17. The zero-order chi connectivity index (χ0) is 39.1. The molecule has 1 heterocycles. The number of hydrogen-bond acceptors (Lipinski definition) is 3. The summed E-state index contributed by atoms with van der Waals surface area (Å²) in [5.74, 6) is 0. The molecule has 0 unspecified atom stereocenters. The second-order valence-corrected chi connectivity index (χ2v) is 14.9. The first-order valence-electron chi connectivity index (χ1n) is 20.1. The molecule has 0 aliphatic rings. The third-order valence-corrected chi connectivity index (χ3v) is 11.4. The molecule has 0 bridgehead atoms. The van der Waals surface area contributed by atoms with Crippen LogP contribution in [0.2, 0.25) is 0 Å². The highest BCUT2D eigenvalue weighted by Gasteiger charge is 2.21. The van der Waals surface area contributed by atoms with E-state index in [1.807, 2.05) is 12.1 Å². The molecular formula is C56H38N2O. The second kappa shape index (κ2) is 14.6. The lowest BCUT2D eigenvalue weighted by Crippen LogP contribution is -2.14. The van der Waals surface area contributed by atoms with Crippen molar-refractivity contribution in [2.45, 2.75) is 0 Å². The maximum absolute atomic E-state index is 6.29. The molecule has 1 aromatic heterocycles. The Morgan fingerprint density at radius 3 is 1.59 bits per heavy atom. The maximum Gasteiger partial charge on any atom is 0.136 e. The summed E-state index contributed by atoms with van der Waals surface area (Å²) in [5, 5.41) is 7.01. The smallest absolute Gasteiger partial charge is 0.136 e. The summed E-state index contributed by atoms with van der Waals surface area (Å²) in [7, 11) is 0. The van der Waals surface area contributed by atoms with Crippen molar-refractivity contribution in [3.05, 3.63) is 231 Å². The van der Waals surface area contributed by atoms with E-state index >= 15 is 0 Å². The molecule has 0 saturated carbocycles. The van der Waals surface area contributed by atoms with Crippen LogP contribution in [0.3, 0.4) is 0 Å². The van der Waals surface area contributed by atoms with Gasteiger partial charge in [0.15, 0.2) is 0 Å². The van der Waals surface area contributed by atoms with Crippen LogP contribution in [0.25, 0.3) is 65.7 Å². The minimum atomic E-state index is 0.907. The van der Waals surface area contributed by atoms with Gasteiger partial charge >= 0.3 is 0 Å². The van der Waals surface area contributed by atoms with Gasteiger partial charge in [-0.3, -0.25) is 0 Å². The molecule has 0 aliphatic heterocycles. The van der Waals surface area contributed by atoms with E-state index in [1.165, 1.54) is 32.8 Å². The molecule has 0 spiro atoms. The average Bonchev–Trinajstić information content (AvgIpc) is 3.67. The maximum atomic E-state index is 6.29. The molecule has 11 rings (SSSR count). The van der Waals surface area contributed by atoms with Crippen LogP contribution in [0.5, 0.6) is 0 Å². The normalized spacial score (nSPS) is 11.4. The summed E-state index contributed by atoms with van der Waals surface area (Å²) in [6, 6.07) is 82.5. The monoisotopic (exact) mass is 754 g/mol. The SMILES string of the molecule is c1ccc(-c2ccccc2-c2ccccc2N(c2ccccc2)c2cccc(N(c3ccccc3)c3ccc4ccc5cc6oc7ccccc7c6cc5c4c3)c2)cc1. The predicted molar refractivity (Wildman–Crippen MR) is 249 cm³/mol. The molecule has 0 aliphatic carbocycles. The highest BCUT2D eigenvalue weighted by atomic mass is 16.3. The van der Waals surface area contributed by atoms with E-state index in [-0.39, 0.29) is 0 Å². The van der Waals surface area contributed by atoms with Crippen LogP contribution in [-0.4, -0.2) is 0 Å². The van der Waals surface area contributed by atoms with Gasteiger partial charge in [0.2, 0.25) is 0 Å². The van der Waals surface area contributed by atoms with Crippen molar-refractivity contribution in [2.24, 2.45) is 0 Å². The molecule has 0 saturated heterocycles. The Bertz CT molecular complexity index is 3280. The van der Waals surface area contributed by atoms with Gasteiger partial charge in [-0.25, -0.2) is 0 Å². The first-order chi connectivity index (χ1) is 29.3. The Labute approximate surface area is 343 Å². The number of para-hydroxylation sites is 4. The molecule has 10 aromatic carbocycles. The van der Waals surface area contributed by atoms with Gasteiger partial charge in [-0.1, -0.05) is 152 Å². The van der Waals surface area contributed by atoms with Crippen molar-refractivity contribution >= 4 is 77.6 Å². The fraction of sp³-hybridized carbons (Fsp3) is 0. The number of fused-ring (bicyclic) bond motifs is 6. The molecule has 3 heteroatoms. The van der Waals surface area contributed by atoms with Gasteiger partial charge in [0, 0.05) is 44.8 Å². The Kier molecular flexibility index (Phi) is 8.49. The summed E-state index contributed by atoms with van der Waals surface area (Å²) in [6.45, 7) is 0. The van der Waals surface area contributed by atoms with Crippen molar-refractivity contribution in [1.82, 2.24) is 0 Å². The zero-order valence-corrected chi connectivity index (χ0v) is 32.2. The number of anilines is 6. The van der Waals surface area contributed by atoms with E-state index in [2.05, 4.69) is 228 Å². The largest absolute Gasteiger partial charge is 0.456 e. The van der Waals surface area contributed by atoms with E-state index in [9.17, 15) is 0 Å². The number of hydrogen-bond donors (Lipinski definition) is 0. The van der Waals surface area contributed by atoms with Crippen molar-refractivity contribution in [1.29, 1.82) is 0 Å². The lowest BCUT2D eigenvalue weighted by molar-refractivity contribution is 0.669. The van der Waals surface area contributed by atoms with Crippen LogP contribution in [-0.2, 0) is 0 Å². The van der Waals surface area contributed by atoms with Gasteiger partial charge in [-0.05, 0) is 117 Å². The molecule has 11 aromatic rings. The first-order valence-corrected chi connectivity index (χ1v) is 20.1.